The van der Waals surface area contributed by atoms with Crippen LogP contribution >= 0.6 is 0 Å². The van der Waals surface area contributed by atoms with E-state index in [2.05, 4.69) is 48.7 Å². The molecule has 1 aromatic rings. The molecule has 1 aromatic carbocycles. The van der Waals surface area contributed by atoms with E-state index >= 15 is 0 Å². The van der Waals surface area contributed by atoms with Crippen LogP contribution in [0.1, 0.15) is 17.9 Å². The van der Waals surface area contributed by atoms with E-state index in [1.165, 1.54) is 11.3 Å². The third-order valence-corrected chi connectivity index (χ3v) is 2.71. The Morgan fingerprint density at radius 2 is 1.88 bits per heavy atom. The van der Waals surface area contributed by atoms with Crippen LogP contribution in [0.5, 0.6) is 0 Å². The molecule has 1 atom stereocenters. The molecule has 1 N–H and O–H groups in total. The highest BCUT2D eigenvalue weighted by molar-refractivity contribution is 5.33. The largest absolute Gasteiger partial charge is 0.364 e. The molecule has 1 radical (unpaired) electrons. The Morgan fingerprint density at radius 3 is 2.62 bits per heavy atom. The molecule has 1 heterocycles. The monoisotopic (exact) mass is 210 g/mol. The summed E-state index contributed by atoms with van der Waals surface area (Å²) in [5.74, 6) is 0.341. The quantitative estimate of drug-likeness (QED) is 0.804. The third-order valence-electron chi connectivity index (χ3n) is 2.71. The molecule has 0 amide bonds. The predicted octanol–water partition coefficient (Wildman–Crippen LogP) is 3.55. The van der Waals surface area contributed by atoms with Crippen LogP contribution in [0.25, 0.3) is 0 Å². The number of hydrogen-bond acceptors (Lipinski definition) is 1. The molecule has 0 fully saturated rings. The van der Waals surface area contributed by atoms with Crippen molar-refractivity contribution >= 4 is 0 Å². The van der Waals surface area contributed by atoms with Gasteiger partial charge in [0.1, 0.15) is 0 Å². The first-order valence-electron chi connectivity index (χ1n) is 5.56. The van der Waals surface area contributed by atoms with Gasteiger partial charge in [0.2, 0.25) is 0 Å². The average Bonchev–Trinajstić information content (AvgIpc) is 2.61. The van der Waals surface area contributed by atoms with Crippen LogP contribution in [0, 0.1) is 6.92 Å². The Hall–Kier alpha value is -1.76. The van der Waals surface area contributed by atoms with E-state index in [9.17, 15) is 0 Å². The molecule has 0 aromatic heterocycles. The van der Waals surface area contributed by atoms with Gasteiger partial charge in [0.15, 0.2) is 0 Å². The summed E-state index contributed by atoms with van der Waals surface area (Å²) in [6.45, 7) is 4.04. The summed E-state index contributed by atoms with van der Waals surface area (Å²) in [4.78, 5) is 0. The lowest BCUT2D eigenvalue weighted by molar-refractivity contribution is 0.752. The van der Waals surface area contributed by atoms with Crippen molar-refractivity contribution in [2.24, 2.45) is 0 Å². The van der Waals surface area contributed by atoms with Crippen LogP contribution < -0.4 is 5.32 Å². The Balaban J connectivity index is 2.26. The van der Waals surface area contributed by atoms with Gasteiger partial charge in [-0.1, -0.05) is 49.4 Å². The molecule has 2 rings (SSSR count). The van der Waals surface area contributed by atoms with Crippen LogP contribution in [-0.4, -0.2) is 0 Å². The minimum absolute atomic E-state index is 0.341. The van der Waals surface area contributed by atoms with E-state index in [0.29, 0.717) is 5.92 Å². The van der Waals surface area contributed by atoms with E-state index in [4.69, 9.17) is 0 Å². The molecule has 0 spiro atoms. The van der Waals surface area contributed by atoms with Crippen molar-refractivity contribution in [1.82, 2.24) is 5.32 Å². The second-order valence-corrected chi connectivity index (χ2v) is 3.76. The van der Waals surface area contributed by atoms with E-state index in [1.54, 1.807) is 0 Å². The molecule has 1 unspecified atom stereocenters. The molecular formula is C15H16N. The molecule has 0 aliphatic carbocycles. The van der Waals surface area contributed by atoms with Gasteiger partial charge in [-0.2, -0.15) is 0 Å². The maximum absolute atomic E-state index is 4.04. The molecule has 81 valence electrons. The Bertz CT molecular complexity index is 412. The second-order valence-electron chi connectivity index (χ2n) is 3.76. The van der Waals surface area contributed by atoms with Crippen molar-refractivity contribution in [3.63, 3.8) is 0 Å². The summed E-state index contributed by atoms with van der Waals surface area (Å²) in [7, 11) is 0. The van der Waals surface area contributed by atoms with Gasteiger partial charge in [0.25, 0.3) is 0 Å². The summed E-state index contributed by atoms with van der Waals surface area (Å²) >= 11 is 0. The predicted molar refractivity (Wildman–Crippen MR) is 68.7 cm³/mol. The minimum Gasteiger partial charge on any atom is -0.364 e. The van der Waals surface area contributed by atoms with Gasteiger partial charge < -0.3 is 5.32 Å². The minimum atomic E-state index is 0.341. The van der Waals surface area contributed by atoms with Crippen molar-refractivity contribution in [3.05, 3.63) is 79.0 Å². The standard InChI is InChI=1S/C15H16N/c1-2-14(13-9-5-3-6-10-13)15-11-7-4-8-12-16-15/h3-12,14,16H,1-2H2. The van der Waals surface area contributed by atoms with Crippen LogP contribution in [0.15, 0.2) is 66.5 Å². The number of allylic oxidation sites excluding steroid dienone is 5. The fraction of sp³-hybridized carbons (Fsp3) is 0.133. The van der Waals surface area contributed by atoms with Crippen molar-refractivity contribution in [1.29, 1.82) is 0 Å². The van der Waals surface area contributed by atoms with E-state index in [1.807, 2.05) is 24.4 Å². The molecule has 0 saturated heterocycles. The van der Waals surface area contributed by atoms with Crippen molar-refractivity contribution in [3.8, 4) is 0 Å². The lowest BCUT2D eigenvalue weighted by Gasteiger charge is -2.18. The second kappa shape index (κ2) is 5.36. The molecule has 1 heteroatoms. The number of hydrogen-bond donors (Lipinski definition) is 1. The van der Waals surface area contributed by atoms with Gasteiger partial charge >= 0.3 is 0 Å². The summed E-state index contributed by atoms with van der Waals surface area (Å²) in [6, 6.07) is 10.5. The molecular weight excluding hydrogens is 194 g/mol. The molecule has 1 nitrogen and oxygen atoms in total. The lowest BCUT2D eigenvalue weighted by atomic mass is 9.93. The topological polar surface area (TPSA) is 12.0 Å². The Labute approximate surface area is 97.2 Å². The first-order valence-corrected chi connectivity index (χ1v) is 5.56. The fourth-order valence-corrected chi connectivity index (χ4v) is 1.88. The highest BCUT2D eigenvalue weighted by atomic mass is 14.9. The summed E-state index contributed by atoms with van der Waals surface area (Å²) in [5.41, 5.74) is 2.51. The highest BCUT2D eigenvalue weighted by Crippen LogP contribution is 2.26. The van der Waals surface area contributed by atoms with Crippen molar-refractivity contribution in [2.75, 3.05) is 0 Å². The van der Waals surface area contributed by atoms with E-state index in [-0.39, 0.29) is 0 Å². The zero-order valence-corrected chi connectivity index (χ0v) is 9.27. The van der Waals surface area contributed by atoms with Gasteiger partial charge in [0, 0.05) is 17.8 Å². The van der Waals surface area contributed by atoms with Crippen LogP contribution in [0.2, 0.25) is 0 Å². The first-order chi connectivity index (χ1) is 7.92. The average molecular weight is 210 g/mol. The van der Waals surface area contributed by atoms with Crippen molar-refractivity contribution in [2.45, 2.75) is 12.3 Å². The number of rotatable bonds is 3. The fourth-order valence-electron chi connectivity index (χ4n) is 1.88. The number of nitrogens with one attached hydrogen (secondary N) is 1. The molecule has 0 bridgehead atoms. The van der Waals surface area contributed by atoms with Gasteiger partial charge in [-0.25, -0.2) is 0 Å². The first kappa shape index (κ1) is 10.7. The normalized spacial score (nSPS) is 16.2. The van der Waals surface area contributed by atoms with Crippen LogP contribution in [0.3, 0.4) is 0 Å². The van der Waals surface area contributed by atoms with E-state index < -0.39 is 0 Å². The summed E-state index contributed by atoms with van der Waals surface area (Å²) < 4.78 is 0. The number of benzene rings is 1. The summed E-state index contributed by atoms with van der Waals surface area (Å²) in [6.07, 6.45) is 11.0. The maximum atomic E-state index is 4.04. The SMILES string of the molecule is [CH2]CC(C1=CC=CC=CN1)c1ccccc1. The Kier molecular flexibility index (Phi) is 3.60. The molecule has 16 heavy (non-hydrogen) atoms. The van der Waals surface area contributed by atoms with Crippen molar-refractivity contribution < 1.29 is 0 Å². The van der Waals surface area contributed by atoms with Gasteiger partial charge in [-0.3, -0.25) is 0 Å². The Morgan fingerprint density at radius 1 is 1.06 bits per heavy atom. The highest BCUT2D eigenvalue weighted by Gasteiger charge is 2.13. The third kappa shape index (κ3) is 2.43. The van der Waals surface area contributed by atoms with Gasteiger partial charge in [-0.05, 0) is 24.1 Å². The van der Waals surface area contributed by atoms with Crippen LogP contribution in [-0.2, 0) is 0 Å². The summed E-state index contributed by atoms with van der Waals surface area (Å²) in [5, 5.41) is 3.31. The zero-order valence-electron chi connectivity index (χ0n) is 9.27. The molecule has 0 saturated carbocycles. The van der Waals surface area contributed by atoms with Gasteiger partial charge in [0.05, 0.1) is 0 Å². The molecule has 1 aliphatic heterocycles. The van der Waals surface area contributed by atoms with E-state index in [0.717, 1.165) is 6.42 Å². The smallest absolute Gasteiger partial charge is 0.0240 e. The lowest BCUT2D eigenvalue weighted by Crippen LogP contribution is -2.13. The maximum Gasteiger partial charge on any atom is 0.0240 e. The molecule has 1 aliphatic rings. The van der Waals surface area contributed by atoms with Crippen LogP contribution in [0.4, 0.5) is 0 Å². The zero-order chi connectivity index (χ0) is 11.2. The van der Waals surface area contributed by atoms with Gasteiger partial charge in [-0.15, -0.1) is 0 Å².